The number of thioether (sulfide) groups is 1. The van der Waals surface area contributed by atoms with Crippen molar-refractivity contribution in [3.63, 3.8) is 0 Å². The third-order valence-electron chi connectivity index (χ3n) is 6.71. The largest absolute Gasteiger partial charge is 0.497 e. The van der Waals surface area contributed by atoms with Gasteiger partial charge in [0.05, 0.1) is 21.9 Å². The first-order valence-electron chi connectivity index (χ1n) is 11.3. The number of pyridine rings is 1. The highest BCUT2D eigenvalue weighted by molar-refractivity contribution is 8.01. The molecule has 4 rings (SSSR count). The highest BCUT2D eigenvalue weighted by Gasteiger charge is 2.35. The Morgan fingerprint density at radius 1 is 1.33 bits per heavy atom. The molecule has 178 valence electrons. The number of hydrogen-bond donors (Lipinski definition) is 1. The van der Waals surface area contributed by atoms with Gasteiger partial charge in [0, 0.05) is 36.1 Å². The lowest BCUT2D eigenvalue weighted by molar-refractivity contribution is 0.0323. The molecule has 1 aromatic carbocycles. The minimum absolute atomic E-state index is 0.0934. The monoisotopic (exact) mass is 508 g/mol. The number of nitrogens with zero attached hydrogens (tertiary/aromatic N) is 2. The molecule has 0 radical (unpaired) electrons. The van der Waals surface area contributed by atoms with Crippen LogP contribution >= 0.6 is 34.7 Å². The molecular weight excluding hydrogens is 479 g/mol. The Morgan fingerprint density at radius 3 is 2.85 bits per heavy atom. The van der Waals surface area contributed by atoms with Crippen LogP contribution in [0.5, 0.6) is 5.75 Å². The fraction of sp³-hybridized carbons (Fsp3) is 0.480. The van der Waals surface area contributed by atoms with Crippen LogP contribution in [0.25, 0.3) is 10.9 Å². The van der Waals surface area contributed by atoms with E-state index in [1.807, 2.05) is 23.9 Å². The van der Waals surface area contributed by atoms with Gasteiger partial charge in [-0.2, -0.15) is 0 Å². The number of likely N-dealkylation sites (tertiary alicyclic amines) is 1. The zero-order chi connectivity index (χ0) is 23.3. The normalized spacial score (nSPS) is 17.3. The van der Waals surface area contributed by atoms with E-state index in [1.165, 1.54) is 10.4 Å². The maximum Gasteiger partial charge on any atom is 0.127 e. The third-order valence-corrected chi connectivity index (χ3v) is 9.12. The number of fused-ring (bicyclic) bond motifs is 1. The Hall–Kier alpha value is -1.38. The van der Waals surface area contributed by atoms with Crippen LogP contribution in [0.2, 0.25) is 5.02 Å². The Kier molecular flexibility index (Phi) is 8.52. The lowest BCUT2D eigenvalue weighted by Crippen LogP contribution is -2.42. The molecule has 0 saturated carbocycles. The summed E-state index contributed by atoms with van der Waals surface area (Å²) in [6, 6.07) is 9.67. The number of piperidine rings is 1. The van der Waals surface area contributed by atoms with E-state index >= 15 is 4.39 Å². The Balaban J connectivity index is 1.35. The van der Waals surface area contributed by atoms with E-state index in [2.05, 4.69) is 27.4 Å². The second-order valence-electron chi connectivity index (χ2n) is 8.69. The zero-order valence-electron chi connectivity index (χ0n) is 18.8. The molecular formula is C25H30ClFN2O2S2. The first-order chi connectivity index (χ1) is 16.0. The van der Waals surface area contributed by atoms with Gasteiger partial charge < -0.3 is 14.7 Å². The summed E-state index contributed by atoms with van der Waals surface area (Å²) in [7, 11) is 1.59. The molecule has 4 nitrogen and oxygen atoms in total. The number of aromatic nitrogens is 1. The van der Waals surface area contributed by atoms with Crippen molar-refractivity contribution >= 4 is 45.6 Å². The highest BCUT2D eigenvalue weighted by Crippen LogP contribution is 2.42. The van der Waals surface area contributed by atoms with Crippen molar-refractivity contribution in [2.24, 2.45) is 5.41 Å². The quantitative estimate of drug-likeness (QED) is 0.312. The standard InChI is InChI=1S/C25H30ClFN2O2S2/c1-31-18-4-5-22-19(15-18)24(20(26)16-28-22)21(27)6-7-25(17-30)8-10-29(11-9-25)12-14-33-23-3-2-13-32-23/h2-5,13,15-16,21,30H,6-12,14,17H2,1H3/t21-/m0/s1. The van der Waals surface area contributed by atoms with Gasteiger partial charge in [-0.3, -0.25) is 4.98 Å². The summed E-state index contributed by atoms with van der Waals surface area (Å²) < 4.78 is 22.2. The fourth-order valence-corrected chi connectivity index (χ4v) is 6.68. The van der Waals surface area contributed by atoms with E-state index in [0.717, 1.165) is 38.2 Å². The van der Waals surface area contributed by atoms with Crippen LogP contribution in [0.15, 0.2) is 46.1 Å². The molecule has 1 aliphatic rings. The second-order valence-corrected chi connectivity index (χ2v) is 11.4. The molecule has 0 unspecified atom stereocenters. The fourth-order valence-electron chi connectivity index (χ4n) is 4.55. The van der Waals surface area contributed by atoms with Gasteiger partial charge in [-0.25, -0.2) is 4.39 Å². The number of alkyl halides is 1. The maximum absolute atomic E-state index is 15.6. The van der Waals surface area contributed by atoms with E-state index in [-0.39, 0.29) is 12.0 Å². The Morgan fingerprint density at radius 2 is 2.15 bits per heavy atom. The molecule has 0 aliphatic carbocycles. The summed E-state index contributed by atoms with van der Waals surface area (Å²) >= 11 is 10.1. The molecule has 0 bridgehead atoms. The van der Waals surface area contributed by atoms with Gasteiger partial charge >= 0.3 is 0 Å². The van der Waals surface area contributed by atoms with Gasteiger partial charge in [-0.1, -0.05) is 17.7 Å². The van der Waals surface area contributed by atoms with E-state index < -0.39 is 6.17 Å². The molecule has 3 heterocycles. The summed E-state index contributed by atoms with van der Waals surface area (Å²) in [6.45, 7) is 3.02. The van der Waals surface area contributed by atoms with Crippen molar-refractivity contribution < 1.29 is 14.2 Å². The molecule has 3 aromatic rings. The van der Waals surface area contributed by atoms with Crippen LogP contribution in [0.1, 0.15) is 37.4 Å². The zero-order valence-corrected chi connectivity index (χ0v) is 21.2. The molecule has 1 aliphatic heterocycles. The molecule has 1 saturated heterocycles. The lowest BCUT2D eigenvalue weighted by Gasteiger charge is -2.41. The Bertz CT molecular complexity index is 1040. The predicted octanol–water partition coefficient (Wildman–Crippen LogP) is 6.62. The first-order valence-corrected chi connectivity index (χ1v) is 13.5. The van der Waals surface area contributed by atoms with Crippen LogP contribution in [0, 0.1) is 5.41 Å². The van der Waals surface area contributed by atoms with E-state index in [0.29, 0.717) is 40.1 Å². The number of halogens is 2. The lowest BCUT2D eigenvalue weighted by atomic mass is 9.74. The van der Waals surface area contributed by atoms with E-state index in [1.54, 1.807) is 24.5 Å². The third kappa shape index (κ3) is 6.01. The predicted molar refractivity (Wildman–Crippen MR) is 137 cm³/mol. The number of thiophene rings is 1. The minimum Gasteiger partial charge on any atom is -0.497 e. The number of methoxy groups -OCH3 is 1. The summed E-state index contributed by atoms with van der Waals surface area (Å²) in [5, 5.41) is 13.3. The summed E-state index contributed by atoms with van der Waals surface area (Å²) in [5.74, 6) is 1.72. The number of rotatable bonds is 10. The van der Waals surface area contributed by atoms with Crippen molar-refractivity contribution in [3.8, 4) is 5.75 Å². The van der Waals surface area contributed by atoms with Gasteiger partial charge in [-0.05, 0) is 73.8 Å². The van der Waals surface area contributed by atoms with Crippen molar-refractivity contribution in [1.82, 2.24) is 9.88 Å². The molecule has 0 amide bonds. The Labute approximate surface area is 208 Å². The van der Waals surface area contributed by atoms with Crippen LogP contribution in [-0.4, -0.2) is 54.1 Å². The molecule has 8 heteroatoms. The summed E-state index contributed by atoms with van der Waals surface area (Å²) in [5.41, 5.74) is 0.939. The van der Waals surface area contributed by atoms with Crippen molar-refractivity contribution in [2.75, 3.05) is 39.1 Å². The maximum atomic E-state index is 15.6. The average molecular weight is 509 g/mol. The average Bonchev–Trinajstić information content (AvgIpc) is 3.36. The molecule has 2 aromatic heterocycles. The van der Waals surface area contributed by atoms with Crippen LogP contribution < -0.4 is 4.74 Å². The molecule has 1 atom stereocenters. The highest BCUT2D eigenvalue weighted by atomic mass is 35.5. The molecule has 1 N–H and O–H groups in total. The molecule has 1 fully saturated rings. The molecule has 33 heavy (non-hydrogen) atoms. The van der Waals surface area contributed by atoms with Gasteiger partial charge in [-0.15, -0.1) is 23.1 Å². The summed E-state index contributed by atoms with van der Waals surface area (Å²) in [6.07, 6.45) is 3.03. The van der Waals surface area contributed by atoms with Gasteiger partial charge in [0.2, 0.25) is 0 Å². The van der Waals surface area contributed by atoms with E-state index in [9.17, 15) is 5.11 Å². The topological polar surface area (TPSA) is 45.6 Å². The summed E-state index contributed by atoms with van der Waals surface area (Å²) in [4.78, 5) is 6.79. The van der Waals surface area contributed by atoms with Gasteiger partial charge in [0.15, 0.2) is 0 Å². The van der Waals surface area contributed by atoms with Gasteiger partial charge in [0.25, 0.3) is 0 Å². The van der Waals surface area contributed by atoms with Crippen molar-refractivity contribution in [3.05, 3.63) is 52.5 Å². The van der Waals surface area contributed by atoms with E-state index in [4.69, 9.17) is 16.3 Å². The SMILES string of the molecule is COc1ccc2ncc(Cl)c([C@@H](F)CCC3(CO)CCN(CCSc4cccs4)CC3)c2c1. The van der Waals surface area contributed by atoms with Crippen LogP contribution in [0.4, 0.5) is 4.39 Å². The minimum atomic E-state index is -1.22. The second kappa shape index (κ2) is 11.4. The van der Waals surface area contributed by atoms with Gasteiger partial charge in [0.1, 0.15) is 11.9 Å². The number of aliphatic hydroxyl groups excluding tert-OH is 1. The number of hydrogen-bond acceptors (Lipinski definition) is 6. The number of aliphatic hydroxyl groups is 1. The van der Waals surface area contributed by atoms with Crippen LogP contribution in [-0.2, 0) is 0 Å². The smallest absolute Gasteiger partial charge is 0.127 e. The molecule has 0 spiro atoms. The first kappa shape index (κ1) is 24.7. The van der Waals surface area contributed by atoms with Crippen LogP contribution in [0.3, 0.4) is 0 Å². The number of benzene rings is 1. The number of ether oxygens (including phenoxy) is 1. The van der Waals surface area contributed by atoms with Crippen molar-refractivity contribution in [1.29, 1.82) is 0 Å². The van der Waals surface area contributed by atoms with Crippen molar-refractivity contribution in [2.45, 2.75) is 36.1 Å².